The summed E-state index contributed by atoms with van der Waals surface area (Å²) in [5, 5.41) is 5.65. The van der Waals surface area contributed by atoms with Gasteiger partial charge in [-0.05, 0) is 29.8 Å². The summed E-state index contributed by atoms with van der Waals surface area (Å²) in [6, 6.07) is 15.4. The van der Waals surface area contributed by atoms with Crippen LogP contribution in [-0.4, -0.2) is 33.3 Å². The summed E-state index contributed by atoms with van der Waals surface area (Å²) in [6.45, 7) is 0.332. The Morgan fingerprint density at radius 3 is 2.43 bits per heavy atom. The van der Waals surface area contributed by atoms with Crippen LogP contribution < -0.4 is 15.8 Å². The van der Waals surface area contributed by atoms with Crippen LogP contribution in [-0.2, 0) is 17.5 Å². The summed E-state index contributed by atoms with van der Waals surface area (Å²) in [5.41, 5.74) is 4.81. The van der Waals surface area contributed by atoms with Crippen molar-refractivity contribution >= 4 is 33.5 Å². The van der Waals surface area contributed by atoms with Crippen molar-refractivity contribution in [2.75, 3.05) is 7.11 Å². The van der Waals surface area contributed by atoms with E-state index >= 15 is 0 Å². The quantitative estimate of drug-likeness (QED) is 0.419. The lowest BCUT2D eigenvalue weighted by Crippen LogP contribution is -2.20. The maximum absolute atomic E-state index is 13.9. The number of alkyl halides is 3. The van der Waals surface area contributed by atoms with E-state index in [4.69, 9.17) is 10.5 Å². The summed E-state index contributed by atoms with van der Waals surface area (Å²) < 4.78 is 49.3. The average Bonchev–Trinajstić information content (AvgIpc) is 3.41. The number of amides is 1. The summed E-state index contributed by atoms with van der Waals surface area (Å²) in [4.78, 5) is 23.6. The van der Waals surface area contributed by atoms with Crippen molar-refractivity contribution in [1.82, 2.24) is 14.3 Å². The van der Waals surface area contributed by atoms with Gasteiger partial charge in [0.15, 0.2) is 11.6 Å². The first-order valence-electron chi connectivity index (χ1n) is 10.4. The van der Waals surface area contributed by atoms with E-state index in [1.807, 2.05) is 18.1 Å². The van der Waals surface area contributed by atoms with E-state index in [0.717, 1.165) is 11.8 Å². The summed E-state index contributed by atoms with van der Waals surface area (Å²) in [6.07, 6.45) is -4.07. The summed E-state index contributed by atoms with van der Waals surface area (Å²) >= 11 is 0. The van der Waals surface area contributed by atoms with Crippen LogP contribution in [0.1, 0.15) is 21.6 Å². The molecule has 0 bridgehead atoms. The molecule has 5 rings (SSSR count). The minimum atomic E-state index is -4.88. The van der Waals surface area contributed by atoms with Gasteiger partial charge in [-0.3, -0.25) is 4.79 Å². The van der Waals surface area contributed by atoms with E-state index in [2.05, 4.69) is 5.10 Å². The van der Waals surface area contributed by atoms with Crippen molar-refractivity contribution in [3.05, 3.63) is 83.0 Å². The number of hydrogen-bond donors (Lipinski definition) is 1. The Balaban J connectivity index is 1.77. The second-order valence-electron chi connectivity index (χ2n) is 7.90. The molecule has 1 amide bonds. The van der Waals surface area contributed by atoms with Crippen LogP contribution >= 0.6 is 0 Å². The molecule has 0 aliphatic rings. The molecular formula is C25H17F3N4O3. The van der Waals surface area contributed by atoms with Crippen LogP contribution in [0.5, 0.6) is 5.75 Å². The molecule has 2 N–H and O–H groups in total. The maximum atomic E-state index is 13.9. The molecule has 176 valence electrons. The van der Waals surface area contributed by atoms with Crippen molar-refractivity contribution in [2.24, 2.45) is 5.73 Å². The molecule has 10 heteroatoms. The number of methoxy groups -OCH3 is 1. The van der Waals surface area contributed by atoms with Gasteiger partial charge in [-0.15, -0.1) is 0 Å². The van der Waals surface area contributed by atoms with Crippen LogP contribution in [0.25, 0.3) is 27.4 Å². The molecule has 35 heavy (non-hydrogen) atoms. The van der Waals surface area contributed by atoms with Gasteiger partial charge >= 0.3 is 6.18 Å². The van der Waals surface area contributed by atoms with Gasteiger partial charge < -0.3 is 15.0 Å². The zero-order chi connectivity index (χ0) is 24.9. The molecule has 0 saturated carbocycles. The zero-order valence-electron chi connectivity index (χ0n) is 18.3. The maximum Gasteiger partial charge on any atom is 0.434 e. The molecule has 2 aromatic heterocycles. The van der Waals surface area contributed by atoms with Gasteiger partial charge in [0.2, 0.25) is 0 Å². The molecule has 0 saturated heterocycles. The third-order valence-corrected chi connectivity index (χ3v) is 5.94. The fraction of sp³-hybridized carbons (Fsp3) is 0.120. The van der Waals surface area contributed by atoms with Crippen molar-refractivity contribution in [3.8, 4) is 11.4 Å². The van der Waals surface area contributed by atoms with Gasteiger partial charge in [0.05, 0.1) is 30.1 Å². The first kappa shape index (κ1) is 22.2. The van der Waals surface area contributed by atoms with Crippen LogP contribution in [0.3, 0.4) is 0 Å². The van der Waals surface area contributed by atoms with E-state index < -0.39 is 23.3 Å². The first-order valence-corrected chi connectivity index (χ1v) is 10.4. The Bertz CT molecular complexity index is 1680. The highest BCUT2D eigenvalue weighted by Crippen LogP contribution is 2.37. The lowest BCUT2D eigenvalue weighted by atomic mass is 10.1. The van der Waals surface area contributed by atoms with Crippen LogP contribution in [0.2, 0.25) is 0 Å². The number of rotatable bonds is 5. The average molecular weight is 478 g/mol. The van der Waals surface area contributed by atoms with Crippen molar-refractivity contribution in [1.29, 1.82) is 0 Å². The lowest BCUT2D eigenvalue weighted by molar-refractivity contribution is -0.143. The number of aromatic nitrogens is 3. The second-order valence-corrected chi connectivity index (χ2v) is 7.90. The van der Waals surface area contributed by atoms with E-state index in [0.29, 0.717) is 38.7 Å². The fourth-order valence-electron chi connectivity index (χ4n) is 4.42. The molecule has 5 aromatic rings. The summed E-state index contributed by atoms with van der Waals surface area (Å²) in [7, 11) is 1.56. The number of primary amides is 1. The van der Waals surface area contributed by atoms with E-state index in [9.17, 15) is 22.8 Å². The normalized spacial score (nSPS) is 11.8. The predicted molar refractivity (Wildman–Crippen MR) is 122 cm³/mol. The third kappa shape index (κ3) is 3.51. The molecular weight excluding hydrogens is 461 g/mol. The van der Waals surface area contributed by atoms with Gasteiger partial charge in [0.1, 0.15) is 11.1 Å². The van der Waals surface area contributed by atoms with E-state index in [1.54, 1.807) is 48.1 Å². The minimum absolute atomic E-state index is 0.0990. The topological polar surface area (TPSA) is 92.1 Å². The number of ether oxygens (including phenoxy) is 1. The highest BCUT2D eigenvalue weighted by Gasteiger charge is 2.40. The smallest absolute Gasteiger partial charge is 0.434 e. The number of carbonyl (C=O) groups is 1. The molecule has 0 unspecified atom stereocenters. The molecule has 0 aliphatic heterocycles. The number of carbonyl (C=O) groups excluding carboxylic acids is 2. The molecule has 3 aromatic carbocycles. The number of benzene rings is 3. The largest absolute Gasteiger partial charge is 0.497 e. The molecule has 0 atom stereocenters. The standard InChI is InChI=1S/C25H17F3N4O3/c1-35-15-7-5-14(6-8-15)12-31-20-10-9-19(16-3-2-4-17(22(16)20)21(31)13-33)32-23(25(26,27)28)18(11-30-32)24(29)34/h2-11H,12H2,1H3,(H2,29,34). The highest BCUT2D eigenvalue weighted by molar-refractivity contribution is 6.13. The molecule has 0 spiro atoms. The highest BCUT2D eigenvalue weighted by atomic mass is 19.4. The van der Waals surface area contributed by atoms with Gasteiger partial charge in [-0.2, -0.15) is 18.3 Å². The van der Waals surface area contributed by atoms with Gasteiger partial charge in [-0.25, -0.2) is 9.48 Å². The Morgan fingerprint density at radius 2 is 1.80 bits per heavy atom. The van der Waals surface area contributed by atoms with Crippen LogP contribution in [0.4, 0.5) is 13.2 Å². The Hall–Kier alpha value is -4.56. The number of nitrogens with zero attached hydrogens (tertiary/aromatic N) is 3. The Morgan fingerprint density at radius 1 is 1.09 bits per heavy atom. The predicted octanol–water partition coefficient (Wildman–Crippen LogP) is 3.38. The van der Waals surface area contributed by atoms with Gasteiger partial charge in [-0.1, -0.05) is 30.3 Å². The monoisotopic (exact) mass is 478 g/mol. The Kier molecular flexibility index (Phi) is 5.11. The van der Waals surface area contributed by atoms with E-state index in [1.165, 1.54) is 6.07 Å². The molecule has 0 radical (unpaired) electrons. The van der Waals surface area contributed by atoms with Crippen molar-refractivity contribution in [2.45, 2.75) is 12.7 Å². The molecule has 0 fully saturated rings. The summed E-state index contributed by atoms with van der Waals surface area (Å²) in [5.74, 6) is 1.44. The lowest BCUT2D eigenvalue weighted by Gasteiger charge is -2.14. The Labute approximate surface area is 195 Å². The van der Waals surface area contributed by atoms with Crippen molar-refractivity contribution in [3.63, 3.8) is 0 Å². The third-order valence-electron chi connectivity index (χ3n) is 5.94. The molecule has 7 nitrogen and oxygen atoms in total. The SMILES string of the molecule is COc1ccc(Cn2c(=C=O)c3cccc4c(-n5ncc(C(N)=O)c5C(F)(F)F)ccc2c43)cc1. The van der Waals surface area contributed by atoms with Gasteiger partial charge in [0, 0.05) is 22.7 Å². The van der Waals surface area contributed by atoms with Crippen LogP contribution in [0, 0.1) is 0 Å². The van der Waals surface area contributed by atoms with Crippen LogP contribution in [0.15, 0.2) is 60.8 Å². The number of nitrogens with two attached hydrogens (primary N) is 1. The number of halogens is 3. The number of hydrogen-bond acceptors (Lipinski definition) is 4. The second kappa shape index (κ2) is 8.03. The molecule has 0 aliphatic carbocycles. The minimum Gasteiger partial charge on any atom is -0.497 e. The van der Waals surface area contributed by atoms with Crippen molar-refractivity contribution < 1.29 is 27.5 Å². The molecule has 2 heterocycles. The fourth-order valence-corrected chi connectivity index (χ4v) is 4.42. The van der Waals surface area contributed by atoms with Gasteiger partial charge in [0.25, 0.3) is 5.91 Å². The first-order chi connectivity index (χ1) is 16.7. The van der Waals surface area contributed by atoms with E-state index in [-0.39, 0.29) is 11.0 Å². The zero-order valence-corrected chi connectivity index (χ0v) is 18.3.